The number of carbonyl (C=O) groups is 1. The van der Waals surface area contributed by atoms with Crippen LogP contribution in [0.3, 0.4) is 0 Å². The lowest BCUT2D eigenvalue weighted by Gasteiger charge is -2.14. The molecule has 1 fully saturated rings. The van der Waals surface area contributed by atoms with E-state index in [0.29, 0.717) is 19.1 Å². The van der Waals surface area contributed by atoms with Crippen LogP contribution < -0.4 is 14.8 Å². The fourth-order valence-electron chi connectivity index (χ4n) is 2.84. The molecule has 162 valence electrons. The van der Waals surface area contributed by atoms with E-state index in [1.54, 1.807) is 0 Å². The first-order chi connectivity index (χ1) is 15.4. The Kier molecular flexibility index (Phi) is 5.46. The lowest BCUT2D eigenvalue weighted by atomic mass is 10.1. The van der Waals surface area contributed by atoms with Crippen LogP contribution in [0.1, 0.15) is 32.9 Å². The average molecular weight is 447 g/mol. The zero-order chi connectivity index (χ0) is 24.4. The Morgan fingerprint density at radius 1 is 1.30 bits per heavy atom. The van der Waals surface area contributed by atoms with E-state index in [1.807, 2.05) is 0 Å². The Labute approximate surface area is 175 Å². The van der Waals surface area contributed by atoms with Gasteiger partial charge in [0.2, 0.25) is 10.0 Å². The molecule has 1 amide bonds. The lowest BCUT2D eigenvalue weighted by molar-refractivity contribution is 0.102. The van der Waals surface area contributed by atoms with E-state index in [9.17, 15) is 26.4 Å². The molecule has 2 N–H and O–H groups in total. The van der Waals surface area contributed by atoms with Gasteiger partial charge >= 0.3 is 0 Å². The predicted molar refractivity (Wildman–Crippen MR) is 102 cm³/mol. The van der Waals surface area contributed by atoms with Gasteiger partial charge < -0.3 is 14.8 Å². The van der Waals surface area contributed by atoms with Crippen LogP contribution in [0.5, 0.6) is 5.75 Å². The van der Waals surface area contributed by atoms with Crippen molar-refractivity contribution in [1.82, 2.24) is 4.72 Å². The van der Waals surface area contributed by atoms with Crippen LogP contribution in [0.4, 0.5) is 18.9 Å². The number of anilines is 1. The monoisotopic (exact) mass is 447 g/mol. The fourth-order valence-corrected chi connectivity index (χ4v) is 4.13. The minimum absolute atomic E-state index is 0.170. The quantitative estimate of drug-likeness (QED) is 0.681. The Hall–Kier alpha value is -2.63. The normalized spacial score (nSPS) is 18.5. The third-order valence-corrected chi connectivity index (χ3v) is 5.87. The molecule has 2 aromatic rings. The zero-order valence-electron chi connectivity index (χ0n) is 18.3. The molecule has 7 nitrogen and oxygen atoms in total. The third-order valence-electron chi connectivity index (χ3n) is 4.36. The van der Waals surface area contributed by atoms with Crippen molar-refractivity contribution >= 4 is 21.6 Å². The van der Waals surface area contributed by atoms with Crippen LogP contribution >= 0.6 is 0 Å². The van der Waals surface area contributed by atoms with Gasteiger partial charge in [0.15, 0.2) is 0 Å². The largest absolute Gasteiger partial charge is 0.496 e. The van der Waals surface area contributed by atoms with Crippen LogP contribution in [-0.2, 0) is 14.8 Å². The Morgan fingerprint density at radius 2 is 2.10 bits per heavy atom. The summed E-state index contributed by atoms with van der Waals surface area (Å²) < 4.78 is 99.0. The van der Waals surface area contributed by atoms with Gasteiger partial charge in [-0.2, -0.15) is 0 Å². The maximum Gasteiger partial charge on any atom is 0.266 e. The lowest BCUT2D eigenvalue weighted by Crippen LogP contribution is -2.35. The summed E-state index contributed by atoms with van der Waals surface area (Å²) in [5.74, 6) is -2.70. The summed E-state index contributed by atoms with van der Waals surface area (Å²) in [4.78, 5) is 12.5. The van der Waals surface area contributed by atoms with Crippen molar-refractivity contribution < 1.29 is 40.0 Å². The molecule has 1 heterocycles. The molecule has 2 aromatic carbocycles. The van der Waals surface area contributed by atoms with E-state index < -0.39 is 58.1 Å². The van der Waals surface area contributed by atoms with E-state index >= 15 is 0 Å². The highest BCUT2D eigenvalue weighted by atomic mass is 32.2. The van der Waals surface area contributed by atoms with E-state index in [1.165, 1.54) is 0 Å². The van der Waals surface area contributed by atoms with Crippen molar-refractivity contribution in [3.63, 3.8) is 0 Å². The number of halogens is 3. The summed E-state index contributed by atoms with van der Waals surface area (Å²) in [5, 5.41) is 2.22. The first-order valence-corrected chi connectivity index (χ1v) is 10.2. The van der Waals surface area contributed by atoms with E-state index in [0.717, 1.165) is 30.3 Å². The summed E-state index contributed by atoms with van der Waals surface area (Å²) in [7, 11) is -7.08. The Bertz CT molecular complexity index is 1140. The number of benzene rings is 2. The molecule has 1 aliphatic heterocycles. The molecular formula is C19H19F3N2O5S. The van der Waals surface area contributed by atoms with Gasteiger partial charge in [0.25, 0.3) is 12.3 Å². The molecule has 3 rings (SSSR count). The number of carbonyl (C=O) groups excluding carboxylic acids is 1. The number of alkyl halides is 2. The summed E-state index contributed by atoms with van der Waals surface area (Å²) >= 11 is 0. The highest BCUT2D eigenvalue weighted by Crippen LogP contribution is 2.27. The van der Waals surface area contributed by atoms with E-state index in [-0.39, 0.29) is 17.2 Å². The highest BCUT2D eigenvalue weighted by Gasteiger charge is 2.25. The molecule has 0 saturated carbocycles. The number of ether oxygens (including phenoxy) is 2. The minimum atomic E-state index is -4.11. The van der Waals surface area contributed by atoms with Crippen LogP contribution in [-0.4, -0.2) is 40.6 Å². The van der Waals surface area contributed by atoms with Crippen LogP contribution in [0.2, 0.25) is 0 Å². The molecule has 1 unspecified atom stereocenters. The third kappa shape index (κ3) is 4.91. The summed E-state index contributed by atoms with van der Waals surface area (Å²) in [6.07, 6.45) is -2.69. The van der Waals surface area contributed by atoms with Crippen molar-refractivity contribution in [3.05, 3.63) is 53.3 Å². The number of sulfonamides is 1. The number of hydrogen-bond acceptors (Lipinski definition) is 5. The zero-order valence-corrected chi connectivity index (χ0v) is 16.1. The molecule has 1 saturated heterocycles. The smallest absolute Gasteiger partial charge is 0.266 e. The molecule has 11 heteroatoms. The standard InChI is InChI=1S/C19H19F3N2O5S/c1-28-17-5-3-13(30(26,27)24-12-6-7-29-10-12)9-15(17)19(25)23-11-2-4-16(20)14(8-11)18(21)22/h2-5,8-9,12,18,24H,6-7,10H2,1H3,(H,23,25)/i1D3. The van der Waals surface area contributed by atoms with Gasteiger partial charge in [0, 0.05) is 18.3 Å². The number of amides is 1. The number of nitrogens with one attached hydrogen (secondary N) is 2. The van der Waals surface area contributed by atoms with Gasteiger partial charge in [-0.15, -0.1) is 0 Å². The average Bonchev–Trinajstić information content (AvgIpc) is 3.20. The summed E-state index contributed by atoms with van der Waals surface area (Å²) in [6.45, 7) is 0.550. The van der Waals surface area contributed by atoms with Crippen LogP contribution in [0.25, 0.3) is 0 Å². The van der Waals surface area contributed by atoms with Crippen molar-refractivity contribution in [1.29, 1.82) is 0 Å². The van der Waals surface area contributed by atoms with Crippen molar-refractivity contribution in [2.24, 2.45) is 0 Å². The first-order valence-electron chi connectivity index (χ1n) is 10.2. The van der Waals surface area contributed by atoms with Crippen LogP contribution in [0, 0.1) is 5.82 Å². The summed E-state index contributed by atoms with van der Waals surface area (Å²) in [6, 6.07) is 4.93. The van der Waals surface area contributed by atoms with E-state index in [2.05, 4.69) is 10.0 Å². The predicted octanol–water partition coefficient (Wildman–Crippen LogP) is 3.09. The van der Waals surface area contributed by atoms with Crippen molar-refractivity contribution in [3.8, 4) is 5.75 Å². The number of rotatable bonds is 7. The number of methoxy groups -OCH3 is 1. The second-order valence-corrected chi connectivity index (χ2v) is 8.15. The fraction of sp³-hybridized carbons (Fsp3) is 0.316. The molecule has 30 heavy (non-hydrogen) atoms. The number of hydrogen-bond donors (Lipinski definition) is 2. The van der Waals surface area contributed by atoms with Crippen molar-refractivity contribution in [2.75, 3.05) is 25.6 Å². The second kappa shape index (κ2) is 9.02. The van der Waals surface area contributed by atoms with Gasteiger partial charge in [-0.25, -0.2) is 26.3 Å². The van der Waals surface area contributed by atoms with Crippen molar-refractivity contribution in [2.45, 2.75) is 23.8 Å². The second-order valence-electron chi connectivity index (χ2n) is 6.43. The molecule has 0 radical (unpaired) electrons. The molecule has 0 aliphatic carbocycles. The van der Waals surface area contributed by atoms with Gasteiger partial charge in [-0.3, -0.25) is 4.79 Å². The maximum absolute atomic E-state index is 13.5. The Morgan fingerprint density at radius 3 is 2.77 bits per heavy atom. The maximum atomic E-state index is 13.5. The molecule has 0 bridgehead atoms. The first kappa shape index (κ1) is 18.2. The topological polar surface area (TPSA) is 93.7 Å². The molecule has 1 aliphatic rings. The molecular weight excluding hydrogens is 425 g/mol. The highest BCUT2D eigenvalue weighted by molar-refractivity contribution is 7.89. The van der Waals surface area contributed by atoms with E-state index in [4.69, 9.17) is 13.6 Å². The van der Waals surface area contributed by atoms with Gasteiger partial charge in [-0.05, 0) is 42.8 Å². The Balaban J connectivity index is 1.95. The van der Waals surface area contributed by atoms with Gasteiger partial charge in [0.05, 0.1) is 33.8 Å². The summed E-state index contributed by atoms with van der Waals surface area (Å²) in [5.41, 5.74) is -1.66. The minimum Gasteiger partial charge on any atom is -0.496 e. The molecule has 1 atom stereocenters. The van der Waals surface area contributed by atoms with Gasteiger partial charge in [-0.1, -0.05) is 0 Å². The van der Waals surface area contributed by atoms with Crippen LogP contribution in [0.15, 0.2) is 41.3 Å². The van der Waals surface area contributed by atoms with Gasteiger partial charge in [0.1, 0.15) is 11.6 Å². The molecule has 0 spiro atoms. The SMILES string of the molecule is [2H]C([2H])([2H])Oc1ccc(S(=O)(=O)NC2CCOC2)cc1C(=O)Nc1ccc(F)c(C(F)F)c1. The molecule has 0 aromatic heterocycles.